The Kier molecular flexibility index (Phi) is 7.94. The van der Waals surface area contributed by atoms with Gasteiger partial charge in [-0.25, -0.2) is 0 Å². The second-order valence-electron chi connectivity index (χ2n) is 8.05. The van der Waals surface area contributed by atoms with Crippen molar-refractivity contribution in [2.24, 2.45) is 5.10 Å². The number of benzene rings is 3. The molecule has 10 nitrogen and oxygen atoms in total. The third-order valence-electron chi connectivity index (χ3n) is 5.42. The summed E-state index contributed by atoms with van der Waals surface area (Å²) in [6.07, 6.45) is 0.533. The van der Waals surface area contributed by atoms with E-state index in [9.17, 15) is 24.5 Å². The van der Waals surface area contributed by atoms with E-state index >= 15 is 0 Å². The van der Waals surface area contributed by atoms with Crippen molar-refractivity contribution < 1.29 is 19.3 Å². The van der Waals surface area contributed by atoms with Crippen molar-refractivity contribution in [1.82, 2.24) is 5.32 Å². The lowest BCUT2D eigenvalue weighted by molar-refractivity contribution is -0.384. The fraction of sp³-hybridized carbons (Fsp3) is 0.154. The fourth-order valence-electron chi connectivity index (χ4n) is 3.56. The van der Waals surface area contributed by atoms with E-state index in [0.717, 1.165) is 4.90 Å². The highest BCUT2D eigenvalue weighted by Crippen LogP contribution is 2.28. The van der Waals surface area contributed by atoms with Crippen molar-refractivity contribution in [1.29, 1.82) is 0 Å². The fourth-order valence-corrected chi connectivity index (χ4v) is 4.58. The van der Waals surface area contributed by atoms with Crippen LogP contribution < -0.4 is 15.6 Å². The Morgan fingerprint density at radius 3 is 2.46 bits per heavy atom. The van der Waals surface area contributed by atoms with Crippen LogP contribution in [0.2, 0.25) is 0 Å². The van der Waals surface area contributed by atoms with Crippen LogP contribution in [0, 0.1) is 10.1 Å². The molecule has 0 saturated carbocycles. The minimum atomic E-state index is -0.529. The van der Waals surface area contributed by atoms with Gasteiger partial charge in [-0.3, -0.25) is 24.5 Å². The van der Waals surface area contributed by atoms with Gasteiger partial charge in [-0.05, 0) is 48.9 Å². The first-order valence-corrected chi connectivity index (χ1v) is 12.3. The number of nitrogens with zero attached hydrogens (tertiary/aromatic N) is 3. The molecule has 0 aliphatic carbocycles. The molecule has 0 saturated heterocycles. The molecule has 1 heterocycles. The standard InChI is InChI=1S/C26H23N5O5S/c1-2-22(26(34)28-23-16-24(32)30(29-23)19-8-4-3-5-9-19)37-21-10-6-7-18(15-21)27-25(33)17-11-13-20(14-12-17)31(35)36/h3-15,22H,2,16H2,1H3,(H,27,33)(H,28,29,34). The number of carbonyl (C=O) groups excluding carboxylic acids is 3. The lowest BCUT2D eigenvalue weighted by atomic mass is 10.2. The molecule has 0 spiro atoms. The molecule has 3 aromatic rings. The summed E-state index contributed by atoms with van der Waals surface area (Å²) in [5.74, 6) is -0.608. The van der Waals surface area contributed by atoms with Crippen molar-refractivity contribution in [3.8, 4) is 0 Å². The van der Waals surface area contributed by atoms with Crippen molar-refractivity contribution in [2.75, 3.05) is 10.3 Å². The zero-order chi connectivity index (χ0) is 26.4. The number of hydrogen-bond donors (Lipinski definition) is 2. The Balaban J connectivity index is 1.38. The molecule has 0 fully saturated rings. The summed E-state index contributed by atoms with van der Waals surface area (Å²) in [4.78, 5) is 48.9. The van der Waals surface area contributed by atoms with Crippen LogP contribution >= 0.6 is 11.8 Å². The van der Waals surface area contributed by atoms with Crippen LogP contribution in [-0.2, 0) is 9.59 Å². The molecule has 0 aromatic heterocycles. The van der Waals surface area contributed by atoms with Crippen LogP contribution in [0.3, 0.4) is 0 Å². The molecule has 1 aliphatic rings. The Hall–Kier alpha value is -4.51. The van der Waals surface area contributed by atoms with E-state index in [-0.39, 0.29) is 29.5 Å². The number of hydrazone groups is 1. The number of hydrogen-bond acceptors (Lipinski definition) is 7. The van der Waals surface area contributed by atoms with Gasteiger partial charge in [-0.1, -0.05) is 31.2 Å². The molecule has 188 valence electrons. The number of nitrogens with one attached hydrogen (secondary N) is 2. The Labute approximate surface area is 216 Å². The van der Waals surface area contributed by atoms with Crippen LogP contribution in [0.15, 0.2) is 88.9 Å². The lowest BCUT2D eigenvalue weighted by Crippen LogP contribution is -2.36. The van der Waals surface area contributed by atoms with Gasteiger partial charge in [-0.2, -0.15) is 10.1 Å². The summed E-state index contributed by atoms with van der Waals surface area (Å²) < 4.78 is 0. The van der Waals surface area contributed by atoms with Gasteiger partial charge in [0.1, 0.15) is 5.84 Å². The molecule has 1 atom stereocenters. The predicted molar refractivity (Wildman–Crippen MR) is 142 cm³/mol. The van der Waals surface area contributed by atoms with Crippen LogP contribution in [0.4, 0.5) is 17.1 Å². The number of amides is 3. The van der Waals surface area contributed by atoms with Crippen molar-refractivity contribution in [2.45, 2.75) is 29.9 Å². The molecule has 4 rings (SSSR count). The summed E-state index contributed by atoms with van der Waals surface area (Å²) in [7, 11) is 0. The average molecular weight is 518 g/mol. The Bertz CT molecular complexity index is 1360. The number of nitro benzene ring substituents is 1. The van der Waals surface area contributed by atoms with Gasteiger partial charge in [-0.15, -0.1) is 11.8 Å². The third kappa shape index (κ3) is 6.39. The second kappa shape index (κ2) is 11.5. The minimum absolute atomic E-state index is 0.00585. The maximum atomic E-state index is 12.9. The van der Waals surface area contributed by atoms with Gasteiger partial charge in [0.25, 0.3) is 17.5 Å². The van der Waals surface area contributed by atoms with Gasteiger partial charge in [0.15, 0.2) is 0 Å². The molecule has 0 bridgehead atoms. The minimum Gasteiger partial charge on any atom is -0.322 e. The maximum absolute atomic E-state index is 12.9. The number of para-hydroxylation sites is 1. The molecule has 3 amide bonds. The van der Waals surface area contributed by atoms with Gasteiger partial charge in [0, 0.05) is 28.3 Å². The SMILES string of the molecule is CCC(Sc1cccc(NC(=O)c2ccc([N+](=O)[O-])cc2)c1)C(=O)NC1=NN(c2ccccc2)C(=O)C1. The van der Waals surface area contributed by atoms with E-state index in [1.807, 2.05) is 19.1 Å². The van der Waals surface area contributed by atoms with Gasteiger partial charge in [0.2, 0.25) is 5.91 Å². The quantitative estimate of drug-likeness (QED) is 0.255. The first-order chi connectivity index (χ1) is 17.8. The zero-order valence-corrected chi connectivity index (χ0v) is 20.6. The zero-order valence-electron chi connectivity index (χ0n) is 19.8. The summed E-state index contributed by atoms with van der Waals surface area (Å²) in [5, 5.41) is 21.4. The highest BCUT2D eigenvalue weighted by Gasteiger charge is 2.28. The van der Waals surface area contributed by atoms with Crippen LogP contribution in [-0.4, -0.2) is 33.7 Å². The predicted octanol–water partition coefficient (Wildman–Crippen LogP) is 4.58. The van der Waals surface area contributed by atoms with Gasteiger partial charge in [0.05, 0.1) is 22.3 Å². The lowest BCUT2D eigenvalue weighted by Gasteiger charge is -2.15. The molecule has 11 heteroatoms. The van der Waals surface area contributed by atoms with E-state index < -0.39 is 16.1 Å². The summed E-state index contributed by atoms with van der Waals surface area (Å²) in [6.45, 7) is 1.88. The summed E-state index contributed by atoms with van der Waals surface area (Å²) in [6, 6.07) is 21.4. The molecule has 3 aromatic carbocycles. The number of thioether (sulfide) groups is 1. The van der Waals surface area contributed by atoms with Crippen LogP contribution in [0.5, 0.6) is 0 Å². The average Bonchev–Trinajstić information content (AvgIpc) is 3.27. The molecule has 1 unspecified atom stereocenters. The molecule has 2 N–H and O–H groups in total. The van der Waals surface area contributed by atoms with Crippen molar-refractivity contribution in [3.63, 3.8) is 0 Å². The summed E-state index contributed by atoms with van der Waals surface area (Å²) >= 11 is 1.33. The van der Waals surface area contributed by atoms with Crippen molar-refractivity contribution >= 4 is 52.4 Å². The first kappa shape index (κ1) is 25.6. The number of non-ortho nitro benzene ring substituents is 1. The smallest absolute Gasteiger partial charge is 0.269 e. The molecule has 0 radical (unpaired) electrons. The molecular formula is C26H23N5O5S. The monoisotopic (exact) mass is 517 g/mol. The Morgan fingerprint density at radius 1 is 1.05 bits per heavy atom. The Morgan fingerprint density at radius 2 is 1.78 bits per heavy atom. The van der Waals surface area contributed by atoms with Gasteiger partial charge >= 0.3 is 0 Å². The first-order valence-electron chi connectivity index (χ1n) is 11.4. The van der Waals surface area contributed by atoms with E-state index in [4.69, 9.17) is 0 Å². The maximum Gasteiger partial charge on any atom is 0.269 e. The number of rotatable bonds is 8. The summed E-state index contributed by atoms with van der Waals surface area (Å²) in [5.41, 5.74) is 1.34. The van der Waals surface area contributed by atoms with Gasteiger partial charge < -0.3 is 10.6 Å². The number of carbonyl (C=O) groups is 3. The van der Waals surface area contributed by atoms with E-state index in [1.165, 1.54) is 41.0 Å². The number of nitro groups is 1. The van der Waals surface area contributed by atoms with E-state index in [1.54, 1.807) is 42.5 Å². The normalized spacial score (nSPS) is 13.6. The van der Waals surface area contributed by atoms with E-state index in [0.29, 0.717) is 23.6 Å². The second-order valence-corrected chi connectivity index (χ2v) is 9.33. The molecule has 37 heavy (non-hydrogen) atoms. The molecule has 1 aliphatic heterocycles. The largest absolute Gasteiger partial charge is 0.322 e. The highest BCUT2D eigenvalue weighted by molar-refractivity contribution is 8.00. The highest BCUT2D eigenvalue weighted by atomic mass is 32.2. The number of anilines is 2. The van der Waals surface area contributed by atoms with Crippen LogP contribution in [0.25, 0.3) is 0 Å². The number of amidine groups is 1. The molecular weight excluding hydrogens is 494 g/mol. The van der Waals surface area contributed by atoms with Crippen molar-refractivity contribution in [3.05, 3.63) is 94.5 Å². The third-order valence-corrected chi connectivity index (χ3v) is 6.78. The van der Waals surface area contributed by atoms with E-state index in [2.05, 4.69) is 15.7 Å². The topological polar surface area (TPSA) is 134 Å². The van der Waals surface area contributed by atoms with Crippen LogP contribution in [0.1, 0.15) is 30.1 Å².